The van der Waals surface area contributed by atoms with Crippen molar-refractivity contribution in [2.24, 2.45) is 0 Å². The third-order valence-electron chi connectivity index (χ3n) is 3.18. The van der Waals surface area contributed by atoms with Crippen molar-refractivity contribution in [3.8, 4) is 0 Å². The Bertz CT molecular complexity index is 555. The molecule has 1 unspecified atom stereocenters. The Morgan fingerprint density at radius 3 is 2.67 bits per heavy atom. The van der Waals surface area contributed by atoms with Gasteiger partial charge in [0, 0.05) is 11.9 Å². The normalized spacial score (nSPS) is 15.5. The van der Waals surface area contributed by atoms with E-state index in [9.17, 15) is 13.0 Å². The smallest absolute Gasteiger partial charge is 0.282 e. The van der Waals surface area contributed by atoms with E-state index in [0.29, 0.717) is 16.5 Å². The molecule has 1 aliphatic rings. The van der Waals surface area contributed by atoms with Crippen molar-refractivity contribution in [1.82, 2.24) is 4.72 Å². The summed E-state index contributed by atoms with van der Waals surface area (Å²) in [5.41, 5.74) is 1.34. The van der Waals surface area contributed by atoms with Crippen LogP contribution in [0.4, 0.5) is 5.69 Å². The highest BCUT2D eigenvalue weighted by Crippen LogP contribution is 2.46. The lowest BCUT2D eigenvalue weighted by molar-refractivity contribution is 0.480. The minimum absolute atomic E-state index is 0.0143. The quantitative estimate of drug-likeness (QED) is 0.664. The SMILES string of the molecule is CCCC(CC)c1ccc2c(S(=O)(=O)O)c1S[N]2. The van der Waals surface area contributed by atoms with Crippen LogP contribution in [0.5, 0.6) is 0 Å². The van der Waals surface area contributed by atoms with Gasteiger partial charge in [0.05, 0.1) is 10.6 Å². The minimum atomic E-state index is -4.20. The predicted octanol–water partition coefficient (Wildman–Crippen LogP) is 3.48. The van der Waals surface area contributed by atoms with Gasteiger partial charge in [0.15, 0.2) is 0 Å². The van der Waals surface area contributed by atoms with E-state index in [0.717, 1.165) is 36.8 Å². The third kappa shape index (κ3) is 2.37. The van der Waals surface area contributed by atoms with Gasteiger partial charge in [-0.05, 0) is 30.4 Å². The first-order chi connectivity index (χ1) is 8.49. The first-order valence-corrected chi connectivity index (χ1v) is 8.22. The Balaban J connectivity index is 2.54. The average Bonchev–Trinajstić information content (AvgIpc) is 2.63. The molecule has 1 aromatic carbocycles. The fourth-order valence-corrected chi connectivity index (χ4v) is 4.41. The fraction of sp³-hybridized carbons (Fsp3) is 0.500. The fourth-order valence-electron chi connectivity index (χ4n) is 2.33. The Hall–Kier alpha value is -0.720. The van der Waals surface area contributed by atoms with Crippen LogP contribution in [0.25, 0.3) is 0 Å². The summed E-state index contributed by atoms with van der Waals surface area (Å²) in [6.07, 6.45) is 3.00. The van der Waals surface area contributed by atoms with Gasteiger partial charge in [-0.2, -0.15) is 8.42 Å². The van der Waals surface area contributed by atoms with E-state index >= 15 is 0 Å². The maximum atomic E-state index is 11.4. The van der Waals surface area contributed by atoms with Gasteiger partial charge < -0.3 is 0 Å². The molecule has 0 saturated carbocycles. The summed E-state index contributed by atoms with van der Waals surface area (Å²) in [7, 11) is -4.20. The summed E-state index contributed by atoms with van der Waals surface area (Å²) in [4.78, 5) is 0.592. The van der Waals surface area contributed by atoms with Gasteiger partial charge in [-0.15, -0.1) is 0 Å². The maximum absolute atomic E-state index is 11.4. The van der Waals surface area contributed by atoms with Crippen molar-refractivity contribution >= 4 is 27.8 Å². The molecule has 18 heavy (non-hydrogen) atoms. The summed E-state index contributed by atoms with van der Waals surface area (Å²) in [5, 5.41) is 0. The van der Waals surface area contributed by atoms with Gasteiger partial charge >= 0.3 is 0 Å². The average molecular weight is 286 g/mol. The Morgan fingerprint density at radius 1 is 1.39 bits per heavy atom. The molecule has 0 aromatic heterocycles. The maximum Gasteiger partial charge on any atom is 0.297 e. The van der Waals surface area contributed by atoms with Gasteiger partial charge in [-0.3, -0.25) is 4.55 Å². The van der Waals surface area contributed by atoms with E-state index in [1.165, 1.54) is 0 Å². The van der Waals surface area contributed by atoms with Crippen LogP contribution in [0.15, 0.2) is 21.9 Å². The van der Waals surface area contributed by atoms with Gasteiger partial charge in [0.2, 0.25) is 0 Å². The number of benzene rings is 1. The monoisotopic (exact) mass is 286 g/mol. The van der Waals surface area contributed by atoms with Crippen molar-refractivity contribution in [3.63, 3.8) is 0 Å². The topological polar surface area (TPSA) is 68.5 Å². The lowest BCUT2D eigenvalue weighted by atomic mass is 9.92. The van der Waals surface area contributed by atoms with Crippen LogP contribution in [0.1, 0.15) is 44.6 Å². The molecule has 1 aliphatic heterocycles. The van der Waals surface area contributed by atoms with E-state index in [4.69, 9.17) is 0 Å². The van der Waals surface area contributed by atoms with Crippen LogP contribution in [-0.4, -0.2) is 13.0 Å². The van der Waals surface area contributed by atoms with Crippen molar-refractivity contribution in [3.05, 3.63) is 17.7 Å². The molecule has 0 aliphatic carbocycles. The van der Waals surface area contributed by atoms with Crippen LogP contribution in [0.3, 0.4) is 0 Å². The molecular weight excluding hydrogens is 270 g/mol. The van der Waals surface area contributed by atoms with Crippen LogP contribution in [0, 0.1) is 0 Å². The first kappa shape index (κ1) is 13.7. The second-order valence-corrected chi connectivity index (χ2v) is 6.52. The molecule has 1 atom stereocenters. The molecule has 6 heteroatoms. The first-order valence-electron chi connectivity index (χ1n) is 6.01. The van der Waals surface area contributed by atoms with Gasteiger partial charge in [0.1, 0.15) is 4.90 Å². The minimum Gasteiger partial charge on any atom is -0.282 e. The zero-order valence-electron chi connectivity index (χ0n) is 10.4. The van der Waals surface area contributed by atoms with Gasteiger partial charge in [-0.25, -0.2) is 4.72 Å². The van der Waals surface area contributed by atoms with Gasteiger partial charge in [-0.1, -0.05) is 26.3 Å². The zero-order valence-corrected chi connectivity index (χ0v) is 12.0. The molecule has 0 spiro atoms. The third-order valence-corrected chi connectivity index (χ3v) is 5.15. The van der Waals surface area contributed by atoms with Crippen molar-refractivity contribution in [2.75, 3.05) is 0 Å². The van der Waals surface area contributed by atoms with E-state index in [1.807, 2.05) is 6.07 Å². The van der Waals surface area contributed by atoms with E-state index < -0.39 is 10.1 Å². The number of hydrogen-bond donors (Lipinski definition) is 1. The highest BCUT2D eigenvalue weighted by molar-refractivity contribution is 7.99. The number of fused-ring (bicyclic) bond motifs is 2. The number of nitrogens with zero attached hydrogens (tertiary/aromatic N) is 1. The van der Waals surface area contributed by atoms with Gasteiger partial charge in [0.25, 0.3) is 10.1 Å². The molecule has 0 saturated heterocycles. The van der Waals surface area contributed by atoms with Crippen molar-refractivity contribution in [1.29, 1.82) is 0 Å². The van der Waals surface area contributed by atoms with Crippen LogP contribution >= 0.6 is 11.9 Å². The van der Waals surface area contributed by atoms with Crippen LogP contribution in [0.2, 0.25) is 0 Å². The molecule has 2 rings (SSSR count). The molecule has 2 bridgehead atoms. The number of hydrogen-bond acceptors (Lipinski definition) is 3. The van der Waals surface area contributed by atoms with Crippen LogP contribution in [-0.2, 0) is 10.1 Å². The largest absolute Gasteiger partial charge is 0.297 e. The molecule has 1 aromatic rings. The summed E-state index contributed by atoms with van der Waals surface area (Å²) in [6.45, 7) is 4.20. The highest BCUT2D eigenvalue weighted by atomic mass is 32.2. The van der Waals surface area contributed by atoms with Crippen molar-refractivity contribution in [2.45, 2.75) is 48.8 Å². The number of rotatable bonds is 5. The summed E-state index contributed by atoms with van der Waals surface area (Å²) in [5.74, 6) is 0.320. The molecule has 4 nitrogen and oxygen atoms in total. The molecule has 1 radical (unpaired) electrons. The van der Waals surface area contributed by atoms with E-state index in [2.05, 4.69) is 18.6 Å². The highest BCUT2D eigenvalue weighted by Gasteiger charge is 2.31. The van der Waals surface area contributed by atoms with Crippen molar-refractivity contribution < 1.29 is 13.0 Å². The Morgan fingerprint density at radius 2 is 2.11 bits per heavy atom. The Labute approximate surface area is 112 Å². The molecule has 0 fully saturated rings. The zero-order chi connectivity index (χ0) is 13.3. The standard InChI is InChI=1S/C12H16NO3S2/c1-3-5-8(4-2)9-6-7-10-12(18(14,15)16)11(9)17-13-10/h6-8H,3-5H2,1-2H3,(H,14,15,16). The molecule has 0 amide bonds. The molecule has 1 N–H and O–H groups in total. The molecule has 1 heterocycles. The lowest BCUT2D eigenvalue weighted by Crippen LogP contribution is -2.04. The summed E-state index contributed by atoms with van der Waals surface area (Å²) >= 11 is 1.15. The Kier molecular flexibility index (Phi) is 3.89. The van der Waals surface area contributed by atoms with E-state index in [1.54, 1.807) is 6.07 Å². The molecule has 99 valence electrons. The van der Waals surface area contributed by atoms with E-state index in [-0.39, 0.29) is 4.90 Å². The summed E-state index contributed by atoms with van der Waals surface area (Å²) in [6, 6.07) is 3.62. The predicted molar refractivity (Wildman–Crippen MR) is 71.8 cm³/mol. The lowest BCUT2D eigenvalue weighted by Gasteiger charge is -2.16. The second kappa shape index (κ2) is 5.11. The summed E-state index contributed by atoms with van der Waals surface area (Å²) < 4.78 is 36.2. The van der Waals surface area contributed by atoms with Crippen LogP contribution < -0.4 is 4.72 Å². The second-order valence-electron chi connectivity index (χ2n) is 4.38. The molecular formula is C12H16NO3S2.